The predicted octanol–water partition coefficient (Wildman–Crippen LogP) is 15.0. The average Bonchev–Trinajstić information content (AvgIpc) is 3.72. The van der Waals surface area contributed by atoms with Crippen molar-refractivity contribution < 1.29 is 0 Å². The Morgan fingerprint density at radius 1 is 0.431 bits per heavy atom. The number of benzene rings is 7. The molecule has 0 N–H and O–H groups in total. The fourth-order valence-electron chi connectivity index (χ4n) is 10.6. The van der Waals surface area contributed by atoms with Crippen LogP contribution in [0.3, 0.4) is 0 Å². The molecule has 9 aromatic rings. The molecular weight excluding hydrogens is 701 g/mol. The molecule has 0 spiro atoms. The van der Waals surface area contributed by atoms with Crippen LogP contribution in [0, 0.1) is 27.7 Å². The standard InChI is InChI=1S/C56H48N2/c1-33-21-34(2)24-41(23-33)39-17-19-53-49(27-39)51-29-45-37(5)38(6)46-30-52-50-28-40(42-25-35(3)22-36(4)26-42)18-20-54(50)58(44-15-11-8-12-16-44)56(52)32-48(46)47(45)31-55(51)57(53)43-13-9-7-10-14-43/h7-17,19,21-32,37-38H,18,20H2,1-6H3. The molecule has 58 heavy (non-hydrogen) atoms. The third kappa shape index (κ3) is 5.38. The number of para-hydroxylation sites is 2. The van der Waals surface area contributed by atoms with Crippen molar-refractivity contribution in [3.63, 3.8) is 0 Å². The van der Waals surface area contributed by atoms with E-state index in [9.17, 15) is 0 Å². The second kappa shape index (κ2) is 13.1. The molecule has 0 fully saturated rings. The molecule has 2 aliphatic rings. The van der Waals surface area contributed by atoms with E-state index in [4.69, 9.17) is 0 Å². The number of nitrogens with zero attached hydrogens (tertiary/aromatic N) is 2. The largest absolute Gasteiger partial charge is 0.313 e. The number of hydrogen-bond acceptors (Lipinski definition) is 0. The predicted molar refractivity (Wildman–Crippen MR) is 247 cm³/mol. The van der Waals surface area contributed by atoms with Gasteiger partial charge in [-0.25, -0.2) is 0 Å². The maximum atomic E-state index is 2.57. The molecule has 0 amide bonds. The molecule has 2 aromatic heterocycles. The lowest BCUT2D eigenvalue weighted by atomic mass is 9.72. The van der Waals surface area contributed by atoms with Crippen LogP contribution in [-0.4, -0.2) is 9.13 Å². The van der Waals surface area contributed by atoms with Gasteiger partial charge in [-0.2, -0.15) is 0 Å². The zero-order valence-corrected chi connectivity index (χ0v) is 34.3. The molecule has 2 atom stereocenters. The van der Waals surface area contributed by atoms with Crippen LogP contribution in [0.1, 0.15) is 82.3 Å². The van der Waals surface area contributed by atoms with E-state index in [1.807, 2.05) is 0 Å². The van der Waals surface area contributed by atoms with Gasteiger partial charge in [-0.15, -0.1) is 0 Å². The van der Waals surface area contributed by atoms with Gasteiger partial charge in [-0.05, 0) is 164 Å². The van der Waals surface area contributed by atoms with Gasteiger partial charge in [0.1, 0.15) is 0 Å². The molecule has 11 rings (SSSR count). The summed E-state index contributed by atoms with van der Waals surface area (Å²) in [6.07, 6.45) is 4.55. The zero-order chi connectivity index (χ0) is 39.4. The minimum atomic E-state index is 0.357. The minimum Gasteiger partial charge on any atom is -0.313 e. The molecule has 0 aliphatic heterocycles. The van der Waals surface area contributed by atoms with Gasteiger partial charge < -0.3 is 9.13 Å². The van der Waals surface area contributed by atoms with E-state index in [0.717, 1.165) is 12.8 Å². The Labute approximate surface area is 341 Å². The van der Waals surface area contributed by atoms with Crippen LogP contribution in [0.15, 0.2) is 140 Å². The maximum absolute atomic E-state index is 2.57. The molecule has 0 saturated heterocycles. The first-order valence-corrected chi connectivity index (χ1v) is 21.0. The molecule has 2 nitrogen and oxygen atoms in total. The van der Waals surface area contributed by atoms with Gasteiger partial charge in [0.05, 0.1) is 16.6 Å². The average molecular weight is 749 g/mol. The Hall–Kier alpha value is -6.38. The molecule has 2 heteroatoms. The SMILES string of the molecule is Cc1cc(C)cc(C2=Cc3c(n(-c4ccccc4)c4cc5c(cc34)C(C)C(C)c3cc4c6cc(-c7cc(C)cc(C)c7)ccc6n(-c6ccccc6)c4cc3-5)CC2)c1. The number of allylic oxidation sites excluding steroid dienone is 1. The highest BCUT2D eigenvalue weighted by atomic mass is 15.0. The van der Waals surface area contributed by atoms with E-state index in [1.165, 1.54) is 122 Å². The first-order valence-electron chi connectivity index (χ1n) is 21.0. The topological polar surface area (TPSA) is 9.86 Å². The lowest BCUT2D eigenvalue weighted by molar-refractivity contribution is 0.617. The zero-order valence-electron chi connectivity index (χ0n) is 34.3. The minimum absolute atomic E-state index is 0.357. The molecule has 282 valence electrons. The van der Waals surface area contributed by atoms with E-state index in [2.05, 4.69) is 196 Å². The Bertz CT molecular complexity index is 3130. The van der Waals surface area contributed by atoms with Crippen molar-refractivity contribution in [2.24, 2.45) is 0 Å². The van der Waals surface area contributed by atoms with Gasteiger partial charge in [-0.1, -0.05) is 115 Å². The lowest BCUT2D eigenvalue weighted by Gasteiger charge is -2.32. The molecule has 0 saturated carbocycles. The van der Waals surface area contributed by atoms with Crippen LogP contribution in [0.2, 0.25) is 0 Å². The summed E-state index contributed by atoms with van der Waals surface area (Å²) in [4.78, 5) is 0. The third-order valence-corrected chi connectivity index (χ3v) is 13.4. The second-order valence-corrected chi connectivity index (χ2v) is 17.3. The first kappa shape index (κ1) is 34.8. The van der Waals surface area contributed by atoms with Crippen molar-refractivity contribution in [1.29, 1.82) is 0 Å². The van der Waals surface area contributed by atoms with E-state index in [1.54, 1.807) is 0 Å². The maximum Gasteiger partial charge on any atom is 0.0547 e. The first-order chi connectivity index (χ1) is 28.2. The summed E-state index contributed by atoms with van der Waals surface area (Å²) >= 11 is 0. The monoisotopic (exact) mass is 748 g/mol. The van der Waals surface area contributed by atoms with Crippen molar-refractivity contribution in [2.75, 3.05) is 0 Å². The van der Waals surface area contributed by atoms with Crippen LogP contribution in [0.4, 0.5) is 0 Å². The van der Waals surface area contributed by atoms with E-state index < -0.39 is 0 Å². The van der Waals surface area contributed by atoms with Crippen LogP contribution >= 0.6 is 0 Å². The Kier molecular flexibility index (Phi) is 7.86. The summed E-state index contributed by atoms with van der Waals surface area (Å²) < 4.78 is 5.05. The van der Waals surface area contributed by atoms with Crippen LogP contribution in [0.25, 0.3) is 78.0 Å². The molecule has 7 aromatic carbocycles. The van der Waals surface area contributed by atoms with Gasteiger partial charge >= 0.3 is 0 Å². The van der Waals surface area contributed by atoms with E-state index >= 15 is 0 Å². The number of aryl methyl sites for hydroxylation is 4. The van der Waals surface area contributed by atoms with Crippen molar-refractivity contribution >= 4 is 44.4 Å². The highest BCUT2D eigenvalue weighted by molar-refractivity contribution is 6.12. The Morgan fingerprint density at radius 3 is 1.55 bits per heavy atom. The van der Waals surface area contributed by atoms with Crippen LogP contribution in [0.5, 0.6) is 0 Å². The van der Waals surface area contributed by atoms with Gasteiger partial charge in [0.2, 0.25) is 0 Å². The van der Waals surface area contributed by atoms with Crippen LogP contribution < -0.4 is 0 Å². The number of hydrogen-bond donors (Lipinski definition) is 0. The van der Waals surface area contributed by atoms with E-state index in [-0.39, 0.29) is 0 Å². The summed E-state index contributed by atoms with van der Waals surface area (Å²) in [6, 6.07) is 53.1. The summed E-state index contributed by atoms with van der Waals surface area (Å²) in [5, 5.41) is 3.98. The molecular formula is C56H48N2. The summed E-state index contributed by atoms with van der Waals surface area (Å²) in [5.74, 6) is 0.718. The van der Waals surface area contributed by atoms with Crippen molar-refractivity contribution in [3.8, 4) is 33.6 Å². The van der Waals surface area contributed by atoms with Gasteiger partial charge in [0.25, 0.3) is 0 Å². The normalized spacial score (nSPS) is 16.1. The smallest absolute Gasteiger partial charge is 0.0547 e. The summed E-state index contributed by atoms with van der Waals surface area (Å²) in [7, 11) is 0. The fourth-order valence-corrected chi connectivity index (χ4v) is 10.6. The van der Waals surface area contributed by atoms with Gasteiger partial charge in [-0.3, -0.25) is 0 Å². The van der Waals surface area contributed by atoms with Crippen molar-refractivity contribution in [2.45, 2.75) is 66.2 Å². The van der Waals surface area contributed by atoms with Crippen molar-refractivity contribution in [1.82, 2.24) is 9.13 Å². The number of rotatable bonds is 4. The summed E-state index contributed by atoms with van der Waals surface area (Å²) in [5.41, 5.74) is 25.2. The number of aromatic nitrogens is 2. The third-order valence-electron chi connectivity index (χ3n) is 13.4. The molecule has 2 unspecified atom stereocenters. The van der Waals surface area contributed by atoms with E-state index in [0.29, 0.717) is 11.8 Å². The highest BCUT2D eigenvalue weighted by Gasteiger charge is 2.32. The van der Waals surface area contributed by atoms with Gasteiger partial charge in [0.15, 0.2) is 0 Å². The van der Waals surface area contributed by atoms with Gasteiger partial charge in [0, 0.05) is 38.8 Å². The summed E-state index contributed by atoms with van der Waals surface area (Å²) in [6.45, 7) is 13.7. The van der Waals surface area contributed by atoms with Crippen LogP contribution in [-0.2, 0) is 6.42 Å². The second-order valence-electron chi connectivity index (χ2n) is 17.3. The lowest BCUT2D eigenvalue weighted by Crippen LogP contribution is -2.13. The highest BCUT2D eigenvalue weighted by Crippen LogP contribution is 2.52. The molecule has 0 radical (unpaired) electrons. The Morgan fingerprint density at radius 2 is 0.948 bits per heavy atom. The molecule has 2 heterocycles. The quantitative estimate of drug-likeness (QED) is 0.170. The Balaban J connectivity index is 1.18. The number of fused-ring (bicyclic) bond motifs is 9. The molecule has 2 aliphatic carbocycles. The fraction of sp³-hybridized carbons (Fsp3) is 0.179. The van der Waals surface area contributed by atoms with Crippen molar-refractivity contribution in [3.05, 3.63) is 190 Å². The molecule has 0 bridgehead atoms.